The Morgan fingerprint density at radius 3 is 2.40 bits per heavy atom. The number of hydrogen-bond donors (Lipinski definition) is 1. The molecule has 2 unspecified atom stereocenters. The van der Waals surface area contributed by atoms with Gasteiger partial charge in [0, 0.05) is 6.54 Å². The van der Waals surface area contributed by atoms with Crippen molar-refractivity contribution in [2.24, 2.45) is 5.92 Å². The van der Waals surface area contributed by atoms with Crippen molar-refractivity contribution in [2.75, 3.05) is 13.2 Å². The van der Waals surface area contributed by atoms with Crippen LogP contribution < -0.4 is 5.32 Å². The molecular weight excluding hydrogens is 256 g/mol. The van der Waals surface area contributed by atoms with Crippen molar-refractivity contribution in [1.29, 1.82) is 0 Å². The number of hydrogen-bond acceptors (Lipinski definition) is 3. The van der Waals surface area contributed by atoms with E-state index in [0.29, 0.717) is 13.2 Å². The van der Waals surface area contributed by atoms with Crippen LogP contribution in [0.25, 0.3) is 0 Å². The molecule has 0 saturated carbocycles. The predicted molar refractivity (Wildman–Crippen MR) is 78.3 cm³/mol. The van der Waals surface area contributed by atoms with E-state index >= 15 is 0 Å². The normalized spacial score (nSPS) is 23.9. The van der Waals surface area contributed by atoms with E-state index in [1.807, 2.05) is 27.7 Å². The number of carbonyl (C=O) groups is 2. The molecule has 2 amide bonds. The highest BCUT2D eigenvalue weighted by Gasteiger charge is 2.47. The fraction of sp³-hybridized carbons (Fsp3) is 0.867. The van der Waals surface area contributed by atoms with Gasteiger partial charge in [0.1, 0.15) is 11.6 Å². The summed E-state index contributed by atoms with van der Waals surface area (Å²) in [5.74, 6) is 0.0410. The minimum absolute atomic E-state index is 0.00342. The highest BCUT2D eigenvalue weighted by Crippen LogP contribution is 2.24. The molecule has 1 heterocycles. The van der Waals surface area contributed by atoms with Crippen LogP contribution in [0.1, 0.15) is 48.0 Å². The summed E-state index contributed by atoms with van der Waals surface area (Å²) >= 11 is 0. The second-order valence-corrected chi connectivity index (χ2v) is 6.31. The molecule has 0 aromatic heterocycles. The molecule has 0 aromatic rings. The molecule has 0 bridgehead atoms. The molecule has 0 aromatic carbocycles. The average molecular weight is 284 g/mol. The lowest BCUT2D eigenvalue weighted by atomic mass is 9.89. The SMILES string of the molecule is CCC(C)C1NC(=O)C(C)(C)N(CCOC(C)C)C1=O. The highest BCUT2D eigenvalue weighted by atomic mass is 16.5. The van der Waals surface area contributed by atoms with Crippen LogP contribution in [0.5, 0.6) is 0 Å². The maximum absolute atomic E-state index is 12.6. The van der Waals surface area contributed by atoms with Crippen molar-refractivity contribution in [3.05, 3.63) is 0 Å². The van der Waals surface area contributed by atoms with E-state index in [-0.39, 0.29) is 23.8 Å². The maximum atomic E-state index is 12.6. The topological polar surface area (TPSA) is 58.6 Å². The molecule has 0 radical (unpaired) electrons. The van der Waals surface area contributed by atoms with E-state index in [0.717, 1.165) is 6.42 Å². The number of carbonyl (C=O) groups excluding carboxylic acids is 2. The predicted octanol–water partition coefficient (Wildman–Crippen LogP) is 1.56. The van der Waals surface area contributed by atoms with Crippen LogP contribution >= 0.6 is 0 Å². The molecule has 5 nitrogen and oxygen atoms in total. The summed E-state index contributed by atoms with van der Waals surface area (Å²) in [6, 6.07) is -0.417. The van der Waals surface area contributed by atoms with Gasteiger partial charge in [0.25, 0.3) is 0 Å². The molecular formula is C15H28N2O3. The Morgan fingerprint density at radius 2 is 1.90 bits per heavy atom. The third-order valence-electron chi connectivity index (χ3n) is 4.03. The van der Waals surface area contributed by atoms with E-state index in [9.17, 15) is 9.59 Å². The zero-order valence-corrected chi connectivity index (χ0v) is 13.5. The van der Waals surface area contributed by atoms with Crippen LogP contribution in [0.15, 0.2) is 0 Å². The highest BCUT2D eigenvalue weighted by molar-refractivity contribution is 5.99. The first-order chi connectivity index (χ1) is 9.21. The second kappa shape index (κ2) is 6.57. The fourth-order valence-electron chi connectivity index (χ4n) is 2.34. The van der Waals surface area contributed by atoms with E-state index < -0.39 is 11.6 Å². The Morgan fingerprint density at radius 1 is 1.30 bits per heavy atom. The van der Waals surface area contributed by atoms with Gasteiger partial charge in [0.2, 0.25) is 11.8 Å². The lowest BCUT2D eigenvalue weighted by Gasteiger charge is -2.45. The minimum Gasteiger partial charge on any atom is -0.377 e. The van der Waals surface area contributed by atoms with E-state index in [1.165, 1.54) is 0 Å². The molecule has 1 aliphatic rings. The standard InChI is InChI=1S/C15H28N2O3/c1-7-11(4)12-13(18)17(8-9-20-10(2)3)15(5,6)14(19)16-12/h10-12H,7-9H2,1-6H3,(H,16,19). The summed E-state index contributed by atoms with van der Waals surface area (Å²) in [7, 11) is 0. The number of nitrogens with one attached hydrogen (secondary N) is 1. The van der Waals surface area contributed by atoms with Crippen LogP contribution in [0.2, 0.25) is 0 Å². The summed E-state index contributed by atoms with van der Waals surface area (Å²) in [6.45, 7) is 12.4. The van der Waals surface area contributed by atoms with Gasteiger partial charge in [0.05, 0.1) is 12.7 Å². The lowest BCUT2D eigenvalue weighted by Crippen LogP contribution is -2.70. The first-order valence-corrected chi connectivity index (χ1v) is 7.45. The molecule has 20 heavy (non-hydrogen) atoms. The van der Waals surface area contributed by atoms with Crippen molar-refractivity contribution in [3.63, 3.8) is 0 Å². The Kier molecular flexibility index (Phi) is 5.57. The summed E-state index contributed by atoms with van der Waals surface area (Å²) in [5, 5.41) is 2.87. The Hall–Kier alpha value is -1.10. The van der Waals surface area contributed by atoms with Crippen molar-refractivity contribution < 1.29 is 14.3 Å². The molecule has 1 rings (SSSR count). The van der Waals surface area contributed by atoms with Crippen LogP contribution in [0, 0.1) is 5.92 Å². The molecule has 1 N–H and O–H groups in total. The zero-order valence-electron chi connectivity index (χ0n) is 13.5. The van der Waals surface area contributed by atoms with Crippen LogP contribution in [0.3, 0.4) is 0 Å². The number of rotatable bonds is 6. The number of piperazine rings is 1. The Labute approximate surface area is 122 Å². The summed E-state index contributed by atoms with van der Waals surface area (Å²) < 4.78 is 5.52. The fourth-order valence-corrected chi connectivity index (χ4v) is 2.34. The van der Waals surface area contributed by atoms with Crippen LogP contribution in [0.4, 0.5) is 0 Å². The number of ether oxygens (including phenoxy) is 1. The van der Waals surface area contributed by atoms with Gasteiger partial charge in [-0.05, 0) is 33.6 Å². The van der Waals surface area contributed by atoms with E-state index in [4.69, 9.17) is 4.74 Å². The maximum Gasteiger partial charge on any atom is 0.246 e. The van der Waals surface area contributed by atoms with Gasteiger partial charge in [-0.2, -0.15) is 0 Å². The van der Waals surface area contributed by atoms with Gasteiger partial charge in [-0.15, -0.1) is 0 Å². The average Bonchev–Trinajstić information content (AvgIpc) is 2.37. The third kappa shape index (κ3) is 3.51. The Bertz CT molecular complexity index is 366. The van der Waals surface area contributed by atoms with Gasteiger partial charge in [0.15, 0.2) is 0 Å². The van der Waals surface area contributed by atoms with Crippen molar-refractivity contribution >= 4 is 11.8 Å². The smallest absolute Gasteiger partial charge is 0.246 e. The van der Waals surface area contributed by atoms with Gasteiger partial charge < -0.3 is 15.0 Å². The van der Waals surface area contributed by atoms with E-state index in [2.05, 4.69) is 5.32 Å². The van der Waals surface area contributed by atoms with E-state index in [1.54, 1.807) is 18.7 Å². The molecule has 2 atom stereocenters. The number of nitrogens with zero attached hydrogens (tertiary/aromatic N) is 1. The lowest BCUT2D eigenvalue weighted by molar-refractivity contribution is -0.158. The molecule has 1 aliphatic heterocycles. The Balaban J connectivity index is 2.84. The molecule has 0 spiro atoms. The second-order valence-electron chi connectivity index (χ2n) is 6.31. The molecule has 5 heteroatoms. The molecule has 1 saturated heterocycles. The first-order valence-electron chi connectivity index (χ1n) is 7.45. The van der Waals surface area contributed by atoms with Crippen molar-refractivity contribution in [2.45, 2.75) is 65.6 Å². The van der Waals surface area contributed by atoms with Gasteiger partial charge >= 0.3 is 0 Å². The zero-order chi connectivity index (χ0) is 15.5. The van der Waals surface area contributed by atoms with Crippen LogP contribution in [-0.2, 0) is 14.3 Å². The largest absolute Gasteiger partial charge is 0.377 e. The monoisotopic (exact) mass is 284 g/mol. The summed E-state index contributed by atoms with van der Waals surface area (Å²) in [5.41, 5.74) is -0.818. The first kappa shape index (κ1) is 17.0. The quantitative estimate of drug-likeness (QED) is 0.805. The van der Waals surface area contributed by atoms with Crippen molar-refractivity contribution in [1.82, 2.24) is 10.2 Å². The van der Waals surface area contributed by atoms with Gasteiger partial charge in [-0.1, -0.05) is 20.3 Å². The summed E-state index contributed by atoms with van der Waals surface area (Å²) in [4.78, 5) is 26.5. The molecule has 1 fully saturated rings. The van der Waals surface area contributed by atoms with Gasteiger partial charge in [-0.25, -0.2) is 0 Å². The summed E-state index contributed by atoms with van der Waals surface area (Å²) in [6.07, 6.45) is 0.977. The third-order valence-corrected chi connectivity index (χ3v) is 4.03. The minimum atomic E-state index is -0.818. The molecule has 0 aliphatic carbocycles. The number of amides is 2. The van der Waals surface area contributed by atoms with Gasteiger partial charge in [-0.3, -0.25) is 9.59 Å². The van der Waals surface area contributed by atoms with Crippen LogP contribution in [-0.4, -0.2) is 47.6 Å². The molecule has 116 valence electrons. The van der Waals surface area contributed by atoms with Crippen molar-refractivity contribution in [3.8, 4) is 0 Å².